The van der Waals surface area contributed by atoms with E-state index in [1.165, 1.54) is 0 Å². The van der Waals surface area contributed by atoms with Crippen molar-refractivity contribution in [3.05, 3.63) is 0 Å². The highest BCUT2D eigenvalue weighted by Gasteiger charge is 2.28. The van der Waals surface area contributed by atoms with Gasteiger partial charge in [0, 0.05) is 17.3 Å². The van der Waals surface area contributed by atoms with E-state index in [1.54, 1.807) is 0 Å². The highest BCUT2D eigenvalue weighted by molar-refractivity contribution is 9.09. The van der Waals surface area contributed by atoms with Crippen molar-refractivity contribution >= 4 is 31.9 Å². The monoisotopic (exact) mass is 340 g/mol. The minimum absolute atomic E-state index is 0.0500. The quantitative estimate of drug-likeness (QED) is 0.528. The molecule has 0 aromatic carbocycles. The Balaban J connectivity index is 3.63. The van der Waals surface area contributed by atoms with Gasteiger partial charge in [-0.15, -0.1) is 0 Å². The number of rotatable bonds is 6. The Morgan fingerprint density at radius 1 is 1.14 bits per heavy atom. The molecular weight excluding hydrogens is 329 g/mol. The Labute approximate surface area is 98.6 Å². The lowest BCUT2D eigenvalue weighted by Gasteiger charge is -2.24. The van der Waals surface area contributed by atoms with Crippen LogP contribution in [0.1, 0.15) is 13.3 Å². The number of hydrogen-bond donors (Lipinski definition) is 0. The average Bonchev–Trinajstić information content (AvgIpc) is 2.11. The molecule has 0 aliphatic rings. The maximum Gasteiger partial charge on any atom is 0.411 e. The number of alkyl halides is 5. The fourth-order valence-electron chi connectivity index (χ4n) is 0.676. The van der Waals surface area contributed by atoms with E-state index in [1.807, 2.05) is 6.92 Å². The Kier molecular flexibility index (Phi) is 6.65. The third-order valence-corrected chi connectivity index (χ3v) is 4.47. The molecule has 0 radical (unpaired) electrons. The van der Waals surface area contributed by atoms with E-state index in [9.17, 15) is 13.2 Å². The highest BCUT2D eigenvalue weighted by atomic mass is 79.9. The molecule has 0 aromatic rings. The third kappa shape index (κ3) is 7.06. The van der Waals surface area contributed by atoms with E-state index >= 15 is 0 Å². The Morgan fingerprint density at radius 2 is 1.64 bits per heavy atom. The standard InChI is InChI=1S/C8H13Br2F3O/c1-7(4-9,5-10)2-3-14-6-8(11,12)13/h2-6H2,1H3. The summed E-state index contributed by atoms with van der Waals surface area (Å²) in [5, 5.41) is 1.47. The van der Waals surface area contributed by atoms with Crippen molar-refractivity contribution in [1.29, 1.82) is 0 Å². The van der Waals surface area contributed by atoms with E-state index in [4.69, 9.17) is 0 Å². The van der Waals surface area contributed by atoms with Crippen LogP contribution >= 0.6 is 31.9 Å². The van der Waals surface area contributed by atoms with Crippen molar-refractivity contribution in [3.63, 3.8) is 0 Å². The zero-order chi connectivity index (χ0) is 11.2. The number of hydrogen-bond acceptors (Lipinski definition) is 1. The normalized spacial score (nSPS) is 13.3. The largest absolute Gasteiger partial charge is 0.411 e. The molecule has 0 saturated heterocycles. The van der Waals surface area contributed by atoms with Crippen molar-refractivity contribution < 1.29 is 17.9 Å². The van der Waals surface area contributed by atoms with Crippen molar-refractivity contribution in [2.24, 2.45) is 5.41 Å². The van der Waals surface area contributed by atoms with Gasteiger partial charge in [-0.05, 0) is 11.8 Å². The maximum absolute atomic E-state index is 11.7. The molecule has 0 aliphatic carbocycles. The fraction of sp³-hybridized carbons (Fsp3) is 1.00. The van der Waals surface area contributed by atoms with Crippen molar-refractivity contribution in [2.75, 3.05) is 23.9 Å². The first-order valence-corrected chi connectivity index (χ1v) is 6.34. The Morgan fingerprint density at radius 3 is 2.00 bits per heavy atom. The number of ether oxygens (including phenoxy) is 1. The van der Waals surface area contributed by atoms with Gasteiger partial charge in [0.25, 0.3) is 0 Å². The van der Waals surface area contributed by atoms with Gasteiger partial charge < -0.3 is 4.74 Å². The summed E-state index contributed by atoms with van der Waals surface area (Å²) in [7, 11) is 0. The van der Waals surface area contributed by atoms with E-state index in [0.29, 0.717) is 6.42 Å². The van der Waals surface area contributed by atoms with Gasteiger partial charge in [0.05, 0.1) is 0 Å². The maximum atomic E-state index is 11.7. The van der Waals surface area contributed by atoms with Crippen LogP contribution in [0.15, 0.2) is 0 Å². The van der Waals surface area contributed by atoms with Gasteiger partial charge in [0.15, 0.2) is 0 Å². The third-order valence-electron chi connectivity index (χ3n) is 1.76. The summed E-state index contributed by atoms with van der Waals surface area (Å²) in [5.74, 6) is 0. The van der Waals surface area contributed by atoms with Crippen molar-refractivity contribution in [3.8, 4) is 0 Å². The van der Waals surface area contributed by atoms with Gasteiger partial charge in [0.2, 0.25) is 0 Å². The van der Waals surface area contributed by atoms with Gasteiger partial charge in [0.1, 0.15) is 6.61 Å². The second kappa shape index (κ2) is 6.33. The topological polar surface area (TPSA) is 9.23 Å². The van der Waals surface area contributed by atoms with Crippen LogP contribution in [0, 0.1) is 5.41 Å². The molecule has 0 aliphatic heterocycles. The lowest BCUT2D eigenvalue weighted by molar-refractivity contribution is -0.175. The van der Waals surface area contributed by atoms with Crippen LogP contribution in [0.5, 0.6) is 0 Å². The van der Waals surface area contributed by atoms with Crippen molar-refractivity contribution in [2.45, 2.75) is 19.5 Å². The van der Waals surface area contributed by atoms with Crippen LogP contribution in [0.2, 0.25) is 0 Å². The molecule has 0 unspecified atom stereocenters. The van der Waals surface area contributed by atoms with Gasteiger partial charge >= 0.3 is 6.18 Å². The van der Waals surface area contributed by atoms with Crippen LogP contribution in [0.4, 0.5) is 13.2 Å². The smallest absolute Gasteiger partial charge is 0.372 e. The Bertz CT molecular complexity index is 157. The summed E-state index contributed by atoms with van der Waals surface area (Å²) in [6.45, 7) is 0.953. The average molecular weight is 342 g/mol. The molecule has 0 atom stereocenters. The summed E-state index contributed by atoms with van der Waals surface area (Å²) in [5.41, 5.74) is -0.0500. The van der Waals surface area contributed by atoms with E-state index in [-0.39, 0.29) is 12.0 Å². The molecule has 0 spiro atoms. The first kappa shape index (κ1) is 14.7. The zero-order valence-corrected chi connectivity index (χ0v) is 11.0. The summed E-state index contributed by atoms with van der Waals surface area (Å²) in [6, 6.07) is 0. The molecule has 0 aromatic heterocycles. The fourth-order valence-corrected chi connectivity index (χ4v) is 2.17. The van der Waals surface area contributed by atoms with Gasteiger partial charge in [-0.1, -0.05) is 38.8 Å². The summed E-state index contributed by atoms with van der Waals surface area (Å²) >= 11 is 6.63. The van der Waals surface area contributed by atoms with E-state index in [0.717, 1.165) is 10.7 Å². The first-order chi connectivity index (χ1) is 6.33. The molecule has 0 bridgehead atoms. The van der Waals surface area contributed by atoms with Crippen LogP contribution in [-0.2, 0) is 4.74 Å². The minimum atomic E-state index is -4.22. The lowest BCUT2D eigenvalue weighted by atomic mass is 9.93. The summed E-state index contributed by atoms with van der Waals surface area (Å²) < 4.78 is 39.6. The predicted octanol–water partition coefficient (Wildman–Crippen LogP) is 3.75. The second-order valence-corrected chi connectivity index (χ2v) is 4.62. The van der Waals surface area contributed by atoms with Crippen LogP contribution in [0.3, 0.4) is 0 Å². The lowest BCUT2D eigenvalue weighted by Crippen LogP contribution is -2.24. The van der Waals surface area contributed by atoms with E-state index < -0.39 is 12.8 Å². The van der Waals surface area contributed by atoms with Crippen molar-refractivity contribution in [1.82, 2.24) is 0 Å². The molecule has 0 N–H and O–H groups in total. The summed E-state index contributed by atoms with van der Waals surface area (Å²) in [6.07, 6.45) is -3.63. The molecule has 6 heteroatoms. The SMILES string of the molecule is CC(CBr)(CBr)CCOCC(F)(F)F. The minimum Gasteiger partial charge on any atom is -0.372 e. The van der Waals surface area contributed by atoms with Crippen LogP contribution in [-0.4, -0.2) is 30.1 Å². The van der Waals surface area contributed by atoms with E-state index in [2.05, 4.69) is 36.6 Å². The Hall–Kier alpha value is 0.710. The molecule has 1 nitrogen and oxygen atoms in total. The molecule has 0 saturated carbocycles. The van der Waals surface area contributed by atoms with Crippen LogP contribution in [0.25, 0.3) is 0 Å². The molecule has 0 fully saturated rings. The summed E-state index contributed by atoms with van der Waals surface area (Å²) in [4.78, 5) is 0. The first-order valence-electron chi connectivity index (χ1n) is 4.09. The molecule has 14 heavy (non-hydrogen) atoms. The highest BCUT2D eigenvalue weighted by Crippen LogP contribution is 2.26. The zero-order valence-electron chi connectivity index (χ0n) is 7.83. The van der Waals surface area contributed by atoms with Gasteiger partial charge in [-0.25, -0.2) is 0 Å². The molecular formula is C8H13Br2F3O. The predicted molar refractivity (Wildman–Crippen MR) is 57.2 cm³/mol. The molecule has 86 valence electrons. The molecule has 0 rings (SSSR count). The van der Waals surface area contributed by atoms with Gasteiger partial charge in [-0.2, -0.15) is 13.2 Å². The number of halogens is 5. The van der Waals surface area contributed by atoms with Gasteiger partial charge in [-0.3, -0.25) is 0 Å². The second-order valence-electron chi connectivity index (χ2n) is 3.50. The molecule has 0 amide bonds. The van der Waals surface area contributed by atoms with Crippen LogP contribution < -0.4 is 0 Å². The molecule has 0 heterocycles.